The number of methoxy groups -OCH3 is 2. The minimum Gasteiger partial charge on any atom is -0.869 e. The summed E-state index contributed by atoms with van der Waals surface area (Å²) >= 11 is 12.9. The molecule has 1 aliphatic carbocycles. The number of H-pyrrole nitrogens is 2. The van der Waals surface area contributed by atoms with Crippen LogP contribution in [0.1, 0.15) is 79.4 Å². The number of fused-ring (bicyclic) bond motifs is 2. The molecule has 58 heteroatoms. The number of nitro benzene ring substituents is 2. The van der Waals surface area contributed by atoms with Crippen LogP contribution in [0, 0.1) is 43.9 Å². The summed E-state index contributed by atoms with van der Waals surface area (Å²) in [6, 6.07) is 14.0. The highest BCUT2D eigenvalue weighted by Gasteiger charge is 2.46. The molecule has 50 nitrogen and oxygen atoms in total. The molecular weight excluding hydrogens is 1800 g/mol. The third-order valence-corrected chi connectivity index (χ3v) is 24.8. The predicted octanol–water partition coefficient (Wildman–Crippen LogP) is 3.37. The summed E-state index contributed by atoms with van der Waals surface area (Å²) in [4.78, 5) is 188. The fraction of sp³-hybridized carbons (Fsp3) is 0.286. The first kappa shape index (κ1) is 95.2. The summed E-state index contributed by atoms with van der Waals surface area (Å²) < 4.78 is 132. The van der Waals surface area contributed by atoms with Crippen LogP contribution < -0.4 is 53.6 Å². The highest BCUT2D eigenvalue weighted by atomic mass is 35.5. The second-order valence-corrected chi connectivity index (χ2v) is 34.3. The Bertz CT molecular complexity index is 6140. The van der Waals surface area contributed by atoms with E-state index in [-0.39, 0.29) is 116 Å². The van der Waals surface area contributed by atoms with Gasteiger partial charge in [-0.05, 0) is 65.9 Å². The number of nitrogens with two attached hydrogens (primary N) is 1. The number of aliphatic hydroxyl groups is 2. The van der Waals surface area contributed by atoms with Gasteiger partial charge in [-0.3, -0.25) is 67.6 Å². The van der Waals surface area contributed by atoms with Crippen LogP contribution >= 0.6 is 70.1 Å². The molecule has 10 atom stereocenters. The number of rotatable bonds is 32. The van der Waals surface area contributed by atoms with E-state index in [1.165, 1.54) is 68.8 Å². The number of phosphoric ester groups is 2. The van der Waals surface area contributed by atoms with Gasteiger partial charge in [-0.2, -0.15) is 17.2 Å². The van der Waals surface area contributed by atoms with E-state index in [0.717, 1.165) is 33.7 Å². The van der Waals surface area contributed by atoms with Crippen molar-refractivity contribution in [2.24, 2.45) is 5.73 Å². The molecule has 2 saturated heterocycles. The number of nitro groups is 2. The molecule has 0 radical (unpaired) electrons. The van der Waals surface area contributed by atoms with Crippen molar-refractivity contribution in [1.82, 2.24) is 24.4 Å². The van der Waals surface area contributed by atoms with Crippen molar-refractivity contribution in [1.29, 1.82) is 0 Å². The molecule has 2 fully saturated rings. The van der Waals surface area contributed by atoms with Crippen molar-refractivity contribution in [2.75, 3.05) is 40.5 Å². The smallest absolute Gasteiger partial charge is 0.490 e. The van der Waals surface area contributed by atoms with Gasteiger partial charge in [0, 0.05) is 70.6 Å². The van der Waals surface area contributed by atoms with Crippen molar-refractivity contribution in [3.8, 4) is 63.4 Å². The lowest BCUT2D eigenvalue weighted by atomic mass is 9.89. The molecule has 10 rings (SSSR count). The normalized spacial score (nSPS) is 18.5. The molecule has 0 spiro atoms. The van der Waals surface area contributed by atoms with Gasteiger partial charge in [-0.1, -0.05) is 46.9 Å². The van der Waals surface area contributed by atoms with Gasteiger partial charge in [0.15, 0.2) is 17.1 Å². The lowest BCUT2D eigenvalue weighted by molar-refractivity contribution is -0.386. The number of hydrogen-bond donors (Lipinski definition) is 15. The molecule has 650 valence electrons. The number of nitrogens with zero attached hydrogens (tertiary/aromatic N) is 4. The largest absolute Gasteiger partial charge is 0.869 e. The third-order valence-electron chi connectivity index (χ3n) is 16.5. The molecule has 3 aliphatic heterocycles. The SMILES string of the molecule is COc1cc2c(-c3cc(C(=O)NCC#Cc4ccc(COCc5cn([C@H]6C[C@@H](O)[C@@H](COP(=O)(O)OP(=O)(O)OP(=O)(O)O)O6)c(=O)[nH]c5=O)c([N+](=O)[O-])c4)ccc3C(=O)O)c3cc(OC)c(=O)c(Cl)c-3oc2c(Cl)c1[O-].NCC#Cc1ccc(COCc2cn([C@H]3C[C@@H](O)[C@@H](COP(=O)(O)OP(=O)(O)OP(=O)(O)O)O3)c(=O)[nH]c2=O)c([N+](=O)[O-])c1. The molecular formula is C63H61Cl2N8O42P6-. The van der Waals surface area contributed by atoms with Gasteiger partial charge in [0.25, 0.3) is 28.4 Å². The van der Waals surface area contributed by atoms with Gasteiger partial charge < -0.3 is 103 Å². The number of halogens is 2. The Labute approximate surface area is 682 Å². The Hall–Kier alpha value is -9.69. The Kier molecular flexibility index (Phi) is 30.8. The van der Waals surface area contributed by atoms with Crippen LogP contribution in [0.15, 0.2) is 108 Å². The average Bonchev–Trinajstić information content (AvgIpc) is 1.14. The number of carboxylic acid groups (broad SMARTS) is 1. The van der Waals surface area contributed by atoms with Crippen LogP contribution in [-0.2, 0) is 99.1 Å². The van der Waals surface area contributed by atoms with E-state index in [2.05, 4.69) is 55.3 Å². The van der Waals surface area contributed by atoms with E-state index in [4.69, 9.17) is 81.3 Å². The van der Waals surface area contributed by atoms with E-state index in [1.54, 1.807) is 0 Å². The molecule has 5 heterocycles. The number of aromatic amines is 2. The van der Waals surface area contributed by atoms with Crippen LogP contribution in [-0.4, -0.2) is 160 Å². The van der Waals surface area contributed by atoms with E-state index in [0.29, 0.717) is 5.56 Å². The Morgan fingerprint density at radius 2 is 1.08 bits per heavy atom. The van der Waals surface area contributed by atoms with Gasteiger partial charge in [-0.25, -0.2) is 41.8 Å². The summed E-state index contributed by atoms with van der Waals surface area (Å²) in [5.41, 5.74) is -0.534. The number of carbonyl (C=O) groups is 2. The van der Waals surface area contributed by atoms with Crippen molar-refractivity contribution >= 4 is 104 Å². The molecule has 16 N–H and O–H groups in total. The van der Waals surface area contributed by atoms with E-state index in [1.807, 2.05) is 9.97 Å². The van der Waals surface area contributed by atoms with Gasteiger partial charge in [-0.15, -0.1) is 0 Å². The predicted molar refractivity (Wildman–Crippen MR) is 404 cm³/mol. The second-order valence-electron chi connectivity index (χ2n) is 24.7. The van der Waals surface area contributed by atoms with Crippen molar-refractivity contribution in [3.05, 3.63) is 206 Å². The molecule has 121 heavy (non-hydrogen) atoms. The lowest BCUT2D eigenvalue weighted by Crippen LogP contribution is -2.34. The summed E-state index contributed by atoms with van der Waals surface area (Å²) in [5.74, 6) is 6.81. The minimum absolute atomic E-state index is 0.0105. The highest BCUT2D eigenvalue weighted by molar-refractivity contribution is 7.67. The summed E-state index contributed by atoms with van der Waals surface area (Å²) in [5, 5.41) is 69.3. The molecule has 4 aliphatic rings. The zero-order valence-electron chi connectivity index (χ0n) is 60.9. The number of aromatic nitrogens is 4. The molecule has 0 bridgehead atoms. The van der Waals surface area contributed by atoms with Crippen LogP contribution in [0.25, 0.3) is 33.4 Å². The van der Waals surface area contributed by atoms with Gasteiger partial charge in [0.1, 0.15) is 35.4 Å². The fourth-order valence-electron chi connectivity index (χ4n) is 11.3. The summed E-state index contributed by atoms with van der Waals surface area (Å²) in [6.45, 7) is -4.06. The Balaban J connectivity index is 0.000000320. The summed E-state index contributed by atoms with van der Waals surface area (Å²) in [6.07, 6.45) is -7.28. The van der Waals surface area contributed by atoms with Gasteiger partial charge >= 0.3 is 64.3 Å². The maximum Gasteiger partial charge on any atom is 0.490 e. The summed E-state index contributed by atoms with van der Waals surface area (Å²) in [7, 11) is -31.6. The van der Waals surface area contributed by atoms with Gasteiger partial charge in [0.2, 0.25) is 5.43 Å². The first-order valence-corrected chi connectivity index (χ1v) is 43.0. The number of benzene rings is 5. The van der Waals surface area contributed by atoms with E-state index < -0.39 is 194 Å². The second kappa shape index (κ2) is 39.2. The third kappa shape index (κ3) is 24.8. The molecule has 4 aromatic carbocycles. The topological polar surface area (TPSA) is 757 Å². The maximum atomic E-state index is 13.6. The number of aromatic carboxylic acids is 1. The Morgan fingerprint density at radius 3 is 1.52 bits per heavy atom. The number of amides is 1. The van der Waals surface area contributed by atoms with E-state index >= 15 is 0 Å². The first-order valence-electron chi connectivity index (χ1n) is 33.2. The quantitative estimate of drug-likeness (QED) is 0.00944. The van der Waals surface area contributed by atoms with Crippen molar-refractivity contribution < 1.29 is 166 Å². The lowest BCUT2D eigenvalue weighted by Gasteiger charge is -2.22. The zero-order chi connectivity index (χ0) is 89.3. The number of carbonyl (C=O) groups excluding carboxylic acids is 1. The van der Waals surface area contributed by atoms with Gasteiger partial charge in [0.05, 0.1) is 122 Å². The van der Waals surface area contributed by atoms with Crippen LogP contribution in [0.3, 0.4) is 0 Å². The molecule has 1 amide bonds. The number of phosphoric acid groups is 6. The van der Waals surface area contributed by atoms with Crippen molar-refractivity contribution in [3.63, 3.8) is 0 Å². The molecule has 2 aromatic heterocycles. The first-order chi connectivity index (χ1) is 56.5. The minimum atomic E-state index is -5.85. The number of aliphatic hydroxyl groups excluding tert-OH is 2. The van der Waals surface area contributed by atoms with Crippen LogP contribution in [0.5, 0.6) is 17.2 Å². The number of carboxylic acids is 1. The molecule has 0 saturated carbocycles. The van der Waals surface area contributed by atoms with Crippen LogP contribution in [0.4, 0.5) is 11.4 Å². The number of ether oxygens (including phenoxy) is 6. The van der Waals surface area contributed by atoms with E-state index in [9.17, 15) is 121 Å². The fourth-order valence-corrected chi connectivity index (χ4v) is 17.8. The highest BCUT2D eigenvalue weighted by Crippen LogP contribution is 2.68. The zero-order valence-corrected chi connectivity index (χ0v) is 67.8. The monoisotopic (exact) mass is 1860 g/mol. The Morgan fingerprint density at radius 1 is 0.620 bits per heavy atom. The number of hydrogen-bond acceptors (Lipinski definition) is 34. The molecule has 6 aromatic rings. The van der Waals surface area contributed by atoms with Crippen LogP contribution in [0.2, 0.25) is 10.0 Å². The number of nitrogens with one attached hydrogen (secondary N) is 3. The standard InChI is InChI=1S/C43H37Cl2N4O25P3.C20H25N4O17P3/c1-67-29-12-25-33(26-13-30(68-2)37(52)35(45)39(26)72-38(25)34(44)36(29)51)24-11-20(7-8-23(24)42(55)56)40(53)46-9-3-4-19-5-6-21(27(10-19)49(58)59)16-69-17-22-15-48(43(57)47-41(22)54)32-14-28(50)31(71-32)18-70-76(63,64)74-77(65,66)73-75(60,61)62;21-5-1-2-12-3-4-13(15(6-12)24(28)29)9-37-10-14-8-23(20(27)22-19(14)26)18-7-16(25)17(39-18)11-38-43(33,34)41-44(35,36)40-42(30,31)32/h5-8,10-13,15,28,31-32,50-51H,9,14,16-18H2,1-2H3,(H,46,53)(H,55,56)(H,63,64)(H,65,66)(H,47,54,57)(H2,60,61,62);3-4,6,8,16-18,25H,5,7,9-11,21H2,(H,33,34)(H,35,36)(H,22,26,27)(H2,30,31,32)/p-1/t28-,31-,32-;16-,17-,18-/m11/s1. The average molecular weight is 1860 g/mol. The molecule has 4 unspecified atom stereocenters. The maximum absolute atomic E-state index is 13.6. The van der Waals surface area contributed by atoms with Crippen molar-refractivity contribution in [2.45, 2.75) is 76.1 Å².